The van der Waals surface area contributed by atoms with Crippen LogP contribution in [-0.4, -0.2) is 21.8 Å². The number of para-hydroxylation sites is 3. The van der Waals surface area contributed by atoms with Crippen molar-refractivity contribution in [3.8, 4) is 5.75 Å². The number of H-pyrrole nitrogens is 1. The molecule has 28 heavy (non-hydrogen) atoms. The second-order valence-electron chi connectivity index (χ2n) is 5.77. The van der Waals surface area contributed by atoms with Crippen molar-refractivity contribution in [3.05, 3.63) is 69.4 Å². The van der Waals surface area contributed by atoms with Crippen LogP contribution in [0.3, 0.4) is 0 Å². The number of carbonyl (C=O) groups excluding carboxylic acids is 1. The Bertz CT molecular complexity index is 1140. The third-order valence-corrected chi connectivity index (χ3v) is 3.85. The highest BCUT2D eigenvalue weighted by Crippen LogP contribution is 2.29. The first-order chi connectivity index (χ1) is 13.2. The topological polar surface area (TPSA) is 93.2 Å². The molecule has 0 aliphatic carbocycles. The molecule has 0 bridgehead atoms. The first-order valence-corrected chi connectivity index (χ1v) is 8.11. The summed E-state index contributed by atoms with van der Waals surface area (Å²) in [5.41, 5.74) is -1.02. The number of alkyl halides is 3. The Morgan fingerprint density at radius 1 is 1.07 bits per heavy atom. The minimum Gasteiger partial charge on any atom is -0.404 e. The van der Waals surface area contributed by atoms with Crippen molar-refractivity contribution in [2.75, 3.05) is 5.32 Å². The van der Waals surface area contributed by atoms with Crippen LogP contribution in [-0.2, 0) is 11.3 Å². The fraction of sp³-hybridized carbons (Fsp3) is 0.167. The van der Waals surface area contributed by atoms with Gasteiger partial charge in [-0.2, -0.15) is 0 Å². The smallest absolute Gasteiger partial charge is 0.404 e. The van der Waals surface area contributed by atoms with E-state index in [2.05, 4.69) is 15.0 Å². The summed E-state index contributed by atoms with van der Waals surface area (Å²) < 4.78 is 42.4. The second kappa shape index (κ2) is 7.59. The van der Waals surface area contributed by atoms with Gasteiger partial charge in [0.05, 0.1) is 16.6 Å². The Balaban J connectivity index is 1.77. The van der Waals surface area contributed by atoms with Crippen molar-refractivity contribution < 1.29 is 22.7 Å². The molecule has 0 fully saturated rings. The van der Waals surface area contributed by atoms with E-state index in [1.807, 2.05) is 0 Å². The van der Waals surface area contributed by atoms with Crippen molar-refractivity contribution in [1.29, 1.82) is 0 Å². The van der Waals surface area contributed by atoms with Gasteiger partial charge in [-0.15, -0.1) is 13.2 Å². The molecule has 0 radical (unpaired) electrons. The largest absolute Gasteiger partial charge is 0.573 e. The third kappa shape index (κ3) is 4.40. The summed E-state index contributed by atoms with van der Waals surface area (Å²) in [6.45, 7) is -0.0791. The summed E-state index contributed by atoms with van der Waals surface area (Å²) in [7, 11) is 0. The summed E-state index contributed by atoms with van der Waals surface area (Å²) in [5.74, 6) is -1.17. The van der Waals surface area contributed by atoms with E-state index in [1.54, 1.807) is 18.2 Å². The minimum absolute atomic E-state index is 0.0791. The third-order valence-electron chi connectivity index (χ3n) is 3.85. The van der Waals surface area contributed by atoms with E-state index in [-0.39, 0.29) is 24.0 Å². The number of aryl methyl sites for hydroxylation is 1. The van der Waals surface area contributed by atoms with Crippen LogP contribution < -0.4 is 21.3 Å². The average molecular weight is 393 g/mol. The lowest BCUT2D eigenvalue weighted by Gasteiger charge is -2.14. The second-order valence-corrected chi connectivity index (χ2v) is 5.77. The highest BCUT2D eigenvalue weighted by Gasteiger charge is 2.32. The van der Waals surface area contributed by atoms with E-state index in [0.29, 0.717) is 5.52 Å². The molecule has 10 heteroatoms. The highest BCUT2D eigenvalue weighted by atomic mass is 19.4. The van der Waals surface area contributed by atoms with Crippen LogP contribution in [0.25, 0.3) is 10.9 Å². The fourth-order valence-electron chi connectivity index (χ4n) is 2.67. The zero-order chi connectivity index (χ0) is 20.3. The Kier molecular flexibility index (Phi) is 5.21. The van der Waals surface area contributed by atoms with Gasteiger partial charge in [0.1, 0.15) is 0 Å². The van der Waals surface area contributed by atoms with Crippen molar-refractivity contribution in [3.63, 3.8) is 0 Å². The summed E-state index contributed by atoms with van der Waals surface area (Å²) in [4.78, 5) is 38.2. The van der Waals surface area contributed by atoms with Gasteiger partial charge in [-0.25, -0.2) is 4.79 Å². The molecule has 7 nitrogen and oxygen atoms in total. The van der Waals surface area contributed by atoms with Gasteiger partial charge in [-0.1, -0.05) is 24.3 Å². The highest BCUT2D eigenvalue weighted by molar-refractivity contribution is 5.92. The van der Waals surface area contributed by atoms with Gasteiger partial charge >= 0.3 is 12.1 Å². The van der Waals surface area contributed by atoms with Gasteiger partial charge in [0.15, 0.2) is 5.75 Å². The lowest BCUT2D eigenvalue weighted by molar-refractivity contribution is -0.274. The number of ether oxygens (including phenoxy) is 1. The number of amides is 1. The zero-order valence-electron chi connectivity index (χ0n) is 14.2. The lowest BCUT2D eigenvalue weighted by atomic mass is 10.2. The maximum atomic E-state index is 12.5. The number of halogens is 3. The molecular formula is C18H14F3N3O4. The predicted octanol–water partition coefficient (Wildman–Crippen LogP) is 2.62. The van der Waals surface area contributed by atoms with Crippen molar-refractivity contribution >= 4 is 22.5 Å². The first-order valence-electron chi connectivity index (χ1n) is 8.11. The van der Waals surface area contributed by atoms with E-state index in [1.165, 1.54) is 28.8 Å². The summed E-state index contributed by atoms with van der Waals surface area (Å²) in [6, 6.07) is 11.5. The van der Waals surface area contributed by atoms with Crippen LogP contribution in [0.4, 0.5) is 18.9 Å². The number of rotatable bonds is 5. The van der Waals surface area contributed by atoms with E-state index >= 15 is 0 Å². The van der Waals surface area contributed by atoms with E-state index < -0.39 is 29.3 Å². The van der Waals surface area contributed by atoms with Crippen LogP contribution in [0.5, 0.6) is 5.75 Å². The van der Waals surface area contributed by atoms with Gasteiger partial charge in [0.2, 0.25) is 5.91 Å². The average Bonchev–Trinajstić information content (AvgIpc) is 2.62. The minimum atomic E-state index is -4.90. The summed E-state index contributed by atoms with van der Waals surface area (Å²) in [5, 5.41) is 2.61. The number of carbonyl (C=O) groups is 1. The summed E-state index contributed by atoms with van der Waals surface area (Å²) >= 11 is 0. The molecule has 2 aromatic carbocycles. The van der Waals surface area contributed by atoms with E-state index in [0.717, 1.165) is 6.07 Å². The van der Waals surface area contributed by atoms with Gasteiger partial charge in [-0.05, 0) is 24.3 Å². The first kappa shape index (κ1) is 19.2. The van der Waals surface area contributed by atoms with Crippen molar-refractivity contribution in [2.45, 2.75) is 19.3 Å². The molecule has 3 aromatic rings. The van der Waals surface area contributed by atoms with Gasteiger partial charge in [-0.3, -0.25) is 19.1 Å². The van der Waals surface area contributed by atoms with Crippen LogP contribution in [0.15, 0.2) is 58.1 Å². The van der Waals surface area contributed by atoms with Crippen LogP contribution in [0.2, 0.25) is 0 Å². The molecule has 3 rings (SSSR count). The molecule has 1 amide bonds. The van der Waals surface area contributed by atoms with Crippen molar-refractivity contribution in [1.82, 2.24) is 9.55 Å². The van der Waals surface area contributed by atoms with E-state index in [4.69, 9.17) is 0 Å². The Morgan fingerprint density at radius 3 is 2.50 bits per heavy atom. The van der Waals surface area contributed by atoms with Gasteiger partial charge in [0.25, 0.3) is 5.56 Å². The molecule has 0 saturated heterocycles. The monoisotopic (exact) mass is 393 g/mol. The molecular weight excluding hydrogens is 379 g/mol. The molecule has 0 aliphatic heterocycles. The summed E-state index contributed by atoms with van der Waals surface area (Å²) in [6.07, 6.45) is -5.11. The Hall–Kier alpha value is -3.56. The quantitative estimate of drug-likeness (QED) is 0.697. The molecule has 0 atom stereocenters. The maximum Gasteiger partial charge on any atom is 0.573 e. The molecule has 0 unspecified atom stereocenters. The number of hydrogen-bond acceptors (Lipinski definition) is 4. The number of hydrogen-bond donors (Lipinski definition) is 2. The molecule has 1 heterocycles. The molecule has 1 aromatic heterocycles. The maximum absolute atomic E-state index is 12.5. The molecule has 2 N–H and O–H groups in total. The zero-order valence-corrected chi connectivity index (χ0v) is 14.2. The Labute approximate surface area is 155 Å². The molecule has 0 spiro atoms. The van der Waals surface area contributed by atoms with Gasteiger partial charge < -0.3 is 10.1 Å². The SMILES string of the molecule is O=C(CCn1c(=O)[nH]c(=O)c2ccccc21)Nc1ccccc1OC(F)(F)F. The molecule has 146 valence electrons. The normalized spacial score (nSPS) is 11.4. The van der Waals surface area contributed by atoms with Crippen LogP contribution >= 0.6 is 0 Å². The predicted molar refractivity (Wildman–Crippen MR) is 95.2 cm³/mol. The number of aromatic nitrogens is 2. The number of fused-ring (bicyclic) bond motifs is 1. The standard InChI is InChI=1S/C18H14F3N3O4/c19-18(20,21)28-14-8-4-2-6-12(14)22-15(25)9-10-24-13-7-3-1-5-11(13)16(26)23-17(24)27/h1-8H,9-10H2,(H,22,25)(H,23,26,27). The van der Waals surface area contributed by atoms with Gasteiger partial charge in [0, 0.05) is 13.0 Å². The van der Waals surface area contributed by atoms with Crippen LogP contribution in [0, 0.1) is 0 Å². The van der Waals surface area contributed by atoms with E-state index in [9.17, 15) is 27.6 Å². The fourth-order valence-corrected chi connectivity index (χ4v) is 2.67. The Morgan fingerprint density at radius 2 is 1.75 bits per heavy atom. The number of benzene rings is 2. The number of nitrogens with zero attached hydrogens (tertiary/aromatic N) is 1. The number of aromatic amines is 1. The van der Waals surface area contributed by atoms with Crippen molar-refractivity contribution in [2.24, 2.45) is 0 Å². The number of nitrogens with one attached hydrogen (secondary N) is 2. The van der Waals surface area contributed by atoms with Crippen LogP contribution in [0.1, 0.15) is 6.42 Å². The molecule has 0 aliphatic rings. The lowest BCUT2D eigenvalue weighted by Crippen LogP contribution is -2.31. The number of anilines is 1. The molecule has 0 saturated carbocycles.